The van der Waals surface area contributed by atoms with Crippen molar-refractivity contribution >= 4 is 15.9 Å². The largest absolute Gasteiger partial charge is 0.466 e. The van der Waals surface area contributed by atoms with Crippen LogP contribution in [-0.4, -0.2) is 23.5 Å². The molecule has 20 heavy (non-hydrogen) atoms. The van der Waals surface area contributed by atoms with Gasteiger partial charge in [-0.15, -0.1) is 0 Å². The number of nitrogens with two attached hydrogens (primary N) is 1. The smallest absolute Gasteiger partial charge is 0.106 e. The van der Waals surface area contributed by atoms with E-state index in [0.29, 0.717) is 13.2 Å². The Morgan fingerprint density at radius 2 is 2.10 bits per heavy atom. The van der Waals surface area contributed by atoms with Crippen molar-refractivity contribution < 1.29 is 9.15 Å². The number of methoxy groups -OCH3 is 1. The molecule has 0 bridgehead atoms. The minimum atomic E-state index is -0.277. The van der Waals surface area contributed by atoms with Crippen LogP contribution in [0.5, 0.6) is 0 Å². The first kappa shape index (κ1) is 15.3. The van der Waals surface area contributed by atoms with E-state index in [1.54, 1.807) is 13.3 Å². The van der Waals surface area contributed by atoms with Crippen LogP contribution in [0.2, 0.25) is 0 Å². The Hall–Kier alpha value is -1.11. The minimum absolute atomic E-state index is 0.277. The van der Waals surface area contributed by atoms with Crippen molar-refractivity contribution in [1.29, 1.82) is 0 Å². The molecule has 1 unspecified atom stereocenters. The van der Waals surface area contributed by atoms with Gasteiger partial charge < -0.3 is 14.9 Å². The topological polar surface area (TPSA) is 66.2 Å². The maximum absolute atomic E-state index is 6.46. The summed E-state index contributed by atoms with van der Waals surface area (Å²) in [5, 5.41) is 4.35. The maximum Gasteiger partial charge on any atom is 0.106 e. The van der Waals surface area contributed by atoms with Gasteiger partial charge in [0.05, 0.1) is 35.6 Å². The van der Waals surface area contributed by atoms with Crippen LogP contribution in [0, 0.1) is 20.8 Å². The van der Waals surface area contributed by atoms with Crippen molar-refractivity contribution in [3.8, 4) is 0 Å². The highest BCUT2D eigenvalue weighted by atomic mass is 79.9. The lowest BCUT2D eigenvalue weighted by molar-refractivity contribution is 0.182. The van der Waals surface area contributed by atoms with E-state index in [1.807, 2.05) is 25.5 Å². The normalized spacial score (nSPS) is 12.9. The maximum atomic E-state index is 6.46. The second kappa shape index (κ2) is 6.11. The summed E-state index contributed by atoms with van der Waals surface area (Å²) in [5.74, 6) is 1.77. The third kappa shape index (κ3) is 2.68. The van der Waals surface area contributed by atoms with Gasteiger partial charge in [0.15, 0.2) is 0 Å². The predicted molar refractivity (Wildman–Crippen MR) is 80.8 cm³/mol. The Labute approximate surface area is 127 Å². The molecule has 0 saturated carbocycles. The molecule has 0 aliphatic carbocycles. The summed E-state index contributed by atoms with van der Waals surface area (Å²) in [5.41, 5.74) is 9.52. The first-order valence-electron chi connectivity index (χ1n) is 6.49. The standard InChI is InChI=1S/C14H20BrN3O2/c1-8-9(2)20-10(3)12(8)13(16)14-11(15)7-17-18(14)5-6-19-4/h7,13H,5-6,16H2,1-4H3. The van der Waals surface area contributed by atoms with E-state index < -0.39 is 0 Å². The van der Waals surface area contributed by atoms with Crippen molar-refractivity contribution in [3.05, 3.63) is 39.0 Å². The van der Waals surface area contributed by atoms with E-state index in [2.05, 4.69) is 21.0 Å². The highest BCUT2D eigenvalue weighted by Gasteiger charge is 2.24. The van der Waals surface area contributed by atoms with Gasteiger partial charge in [-0.05, 0) is 42.3 Å². The van der Waals surface area contributed by atoms with Crippen LogP contribution in [0.4, 0.5) is 0 Å². The van der Waals surface area contributed by atoms with E-state index in [4.69, 9.17) is 14.9 Å². The molecule has 0 radical (unpaired) electrons. The number of furan rings is 1. The number of aromatic nitrogens is 2. The lowest BCUT2D eigenvalue weighted by atomic mass is 10.0. The van der Waals surface area contributed by atoms with Crippen molar-refractivity contribution in [2.24, 2.45) is 5.73 Å². The van der Waals surface area contributed by atoms with Crippen molar-refractivity contribution in [2.75, 3.05) is 13.7 Å². The summed E-state index contributed by atoms with van der Waals surface area (Å²) in [6.45, 7) is 7.19. The van der Waals surface area contributed by atoms with Crippen molar-refractivity contribution in [2.45, 2.75) is 33.4 Å². The number of halogens is 1. The average molecular weight is 342 g/mol. The van der Waals surface area contributed by atoms with Crippen LogP contribution in [-0.2, 0) is 11.3 Å². The Bertz CT molecular complexity index is 604. The molecule has 0 aliphatic heterocycles. The minimum Gasteiger partial charge on any atom is -0.466 e. The number of hydrogen-bond donors (Lipinski definition) is 1. The molecule has 0 fully saturated rings. The van der Waals surface area contributed by atoms with Crippen LogP contribution < -0.4 is 5.73 Å². The summed E-state index contributed by atoms with van der Waals surface area (Å²) in [6.07, 6.45) is 1.77. The molecule has 0 saturated heterocycles. The van der Waals surface area contributed by atoms with Gasteiger partial charge in [-0.2, -0.15) is 5.10 Å². The summed E-state index contributed by atoms with van der Waals surface area (Å²) >= 11 is 3.53. The molecule has 5 nitrogen and oxygen atoms in total. The van der Waals surface area contributed by atoms with E-state index in [-0.39, 0.29) is 6.04 Å². The Balaban J connectivity index is 2.42. The molecule has 2 heterocycles. The van der Waals surface area contributed by atoms with Crippen LogP contribution >= 0.6 is 15.9 Å². The Morgan fingerprint density at radius 3 is 2.65 bits per heavy atom. The molecule has 2 rings (SSSR count). The molecular formula is C14H20BrN3O2. The molecule has 2 aromatic heterocycles. The molecule has 0 aliphatic rings. The van der Waals surface area contributed by atoms with Crippen LogP contribution in [0.3, 0.4) is 0 Å². The first-order valence-corrected chi connectivity index (χ1v) is 7.28. The molecule has 110 valence electrons. The third-order valence-corrected chi connectivity index (χ3v) is 4.17. The molecule has 2 N–H and O–H groups in total. The first-order chi connectivity index (χ1) is 9.47. The number of ether oxygens (including phenoxy) is 1. The van der Waals surface area contributed by atoms with Crippen LogP contribution in [0.1, 0.15) is 34.4 Å². The second-order valence-corrected chi connectivity index (χ2v) is 5.68. The van der Waals surface area contributed by atoms with Crippen molar-refractivity contribution in [1.82, 2.24) is 9.78 Å². The Kier molecular flexibility index (Phi) is 4.67. The average Bonchev–Trinajstić information content (AvgIpc) is 2.88. The van der Waals surface area contributed by atoms with Crippen molar-refractivity contribution in [3.63, 3.8) is 0 Å². The molecular weight excluding hydrogens is 322 g/mol. The zero-order valence-electron chi connectivity index (χ0n) is 12.2. The zero-order valence-corrected chi connectivity index (χ0v) is 13.8. The number of aryl methyl sites for hydroxylation is 2. The van der Waals surface area contributed by atoms with E-state index >= 15 is 0 Å². The quantitative estimate of drug-likeness (QED) is 0.907. The molecule has 1 atom stereocenters. The molecule has 2 aromatic rings. The number of rotatable bonds is 5. The van der Waals surface area contributed by atoms with Crippen LogP contribution in [0.25, 0.3) is 0 Å². The summed E-state index contributed by atoms with van der Waals surface area (Å²) in [4.78, 5) is 0. The predicted octanol–water partition coefficient (Wildman–Crippen LogP) is 2.86. The fourth-order valence-electron chi connectivity index (χ4n) is 2.44. The highest BCUT2D eigenvalue weighted by molar-refractivity contribution is 9.10. The lowest BCUT2D eigenvalue weighted by Crippen LogP contribution is -2.20. The fraction of sp³-hybridized carbons (Fsp3) is 0.500. The van der Waals surface area contributed by atoms with Gasteiger partial charge in [-0.25, -0.2) is 0 Å². The fourth-order valence-corrected chi connectivity index (χ4v) is 2.98. The second-order valence-electron chi connectivity index (χ2n) is 4.82. The Morgan fingerprint density at radius 1 is 1.40 bits per heavy atom. The van der Waals surface area contributed by atoms with Gasteiger partial charge in [0.25, 0.3) is 0 Å². The molecule has 6 heteroatoms. The van der Waals surface area contributed by atoms with E-state index in [9.17, 15) is 0 Å². The molecule has 0 aromatic carbocycles. The molecule has 0 spiro atoms. The summed E-state index contributed by atoms with van der Waals surface area (Å²) < 4.78 is 13.6. The summed E-state index contributed by atoms with van der Waals surface area (Å²) in [7, 11) is 1.67. The van der Waals surface area contributed by atoms with Gasteiger partial charge in [0, 0.05) is 12.7 Å². The third-order valence-electron chi connectivity index (χ3n) is 3.56. The van der Waals surface area contributed by atoms with Gasteiger partial charge >= 0.3 is 0 Å². The SMILES string of the molecule is COCCn1ncc(Br)c1C(N)c1c(C)oc(C)c1C. The van der Waals surface area contributed by atoms with Crippen LogP contribution in [0.15, 0.2) is 15.1 Å². The van der Waals surface area contributed by atoms with Gasteiger partial charge in [-0.1, -0.05) is 0 Å². The van der Waals surface area contributed by atoms with Gasteiger partial charge in [0.2, 0.25) is 0 Å². The zero-order chi connectivity index (χ0) is 14.9. The van der Waals surface area contributed by atoms with Gasteiger partial charge in [-0.3, -0.25) is 4.68 Å². The molecule has 0 amide bonds. The number of hydrogen-bond acceptors (Lipinski definition) is 4. The number of nitrogens with zero attached hydrogens (tertiary/aromatic N) is 2. The highest BCUT2D eigenvalue weighted by Crippen LogP contribution is 2.33. The monoisotopic (exact) mass is 341 g/mol. The van der Waals surface area contributed by atoms with E-state index in [1.165, 1.54) is 0 Å². The summed E-state index contributed by atoms with van der Waals surface area (Å²) in [6, 6.07) is -0.277. The van der Waals surface area contributed by atoms with Gasteiger partial charge in [0.1, 0.15) is 11.5 Å². The lowest BCUT2D eigenvalue weighted by Gasteiger charge is -2.16. The van der Waals surface area contributed by atoms with E-state index in [0.717, 1.165) is 32.8 Å².